The predicted octanol–water partition coefficient (Wildman–Crippen LogP) is 4.18. The van der Waals surface area contributed by atoms with Gasteiger partial charge in [-0.05, 0) is 36.6 Å². The number of nitrogens with zero attached hydrogens (tertiary/aromatic N) is 1. The van der Waals surface area contributed by atoms with Gasteiger partial charge in [-0.2, -0.15) is 0 Å². The first kappa shape index (κ1) is 14.6. The summed E-state index contributed by atoms with van der Waals surface area (Å²) in [6.45, 7) is 3.48. The Morgan fingerprint density at radius 1 is 1.10 bits per heavy atom. The summed E-state index contributed by atoms with van der Waals surface area (Å²) in [6, 6.07) is 19.7. The fourth-order valence-corrected chi connectivity index (χ4v) is 3.30. The molecule has 2 aromatic rings. The van der Waals surface area contributed by atoms with Crippen LogP contribution in [0.5, 0.6) is 0 Å². The van der Waals surface area contributed by atoms with Crippen molar-refractivity contribution in [3.63, 3.8) is 0 Å². The van der Waals surface area contributed by atoms with Crippen molar-refractivity contribution in [2.24, 2.45) is 0 Å². The molecule has 0 spiro atoms. The molecule has 3 rings (SSSR count). The number of benzene rings is 2. The van der Waals surface area contributed by atoms with E-state index in [4.69, 9.17) is 0 Å². The van der Waals surface area contributed by atoms with Crippen molar-refractivity contribution < 1.29 is 0 Å². The zero-order chi connectivity index (χ0) is 14.5. The van der Waals surface area contributed by atoms with E-state index in [-0.39, 0.29) is 0 Å². The summed E-state index contributed by atoms with van der Waals surface area (Å²) in [5, 5.41) is 3.64. The lowest BCUT2D eigenvalue weighted by Crippen LogP contribution is -2.27. The van der Waals surface area contributed by atoms with Gasteiger partial charge in [0.1, 0.15) is 0 Å². The second kappa shape index (κ2) is 7.10. The van der Waals surface area contributed by atoms with Crippen LogP contribution >= 0.6 is 15.9 Å². The van der Waals surface area contributed by atoms with Crippen molar-refractivity contribution in [3.8, 4) is 0 Å². The number of hydrogen-bond acceptors (Lipinski definition) is 2. The van der Waals surface area contributed by atoms with Crippen LogP contribution in [-0.4, -0.2) is 30.6 Å². The molecule has 1 aliphatic rings. The van der Waals surface area contributed by atoms with E-state index in [9.17, 15) is 0 Å². The molecule has 1 fully saturated rings. The third-order valence-corrected chi connectivity index (χ3v) is 4.52. The molecule has 21 heavy (non-hydrogen) atoms. The van der Waals surface area contributed by atoms with Crippen molar-refractivity contribution in [3.05, 3.63) is 64.6 Å². The average molecular weight is 345 g/mol. The van der Waals surface area contributed by atoms with Crippen molar-refractivity contribution in [2.75, 3.05) is 25.0 Å². The van der Waals surface area contributed by atoms with E-state index in [1.165, 1.54) is 24.2 Å². The molecular formula is C18H21BrN2. The summed E-state index contributed by atoms with van der Waals surface area (Å²) in [5.41, 5.74) is 2.64. The molecule has 0 bridgehead atoms. The van der Waals surface area contributed by atoms with Crippen LogP contribution in [0.25, 0.3) is 0 Å². The molecule has 110 valence electrons. The van der Waals surface area contributed by atoms with Gasteiger partial charge in [-0.3, -0.25) is 0 Å². The molecule has 1 saturated heterocycles. The molecular weight excluding hydrogens is 324 g/mol. The zero-order valence-corrected chi connectivity index (χ0v) is 13.7. The fourth-order valence-electron chi connectivity index (χ4n) is 2.90. The quantitative estimate of drug-likeness (QED) is 0.875. The number of anilines is 1. The highest BCUT2D eigenvalue weighted by Gasteiger charge is 2.21. The minimum absolute atomic E-state index is 0.565. The van der Waals surface area contributed by atoms with Crippen LogP contribution in [0.15, 0.2) is 59.1 Å². The number of likely N-dealkylation sites (tertiary alicyclic amines) is 1. The van der Waals surface area contributed by atoms with Crippen LogP contribution in [0.4, 0.5) is 5.69 Å². The van der Waals surface area contributed by atoms with Crippen LogP contribution in [0.3, 0.4) is 0 Å². The highest BCUT2D eigenvalue weighted by molar-refractivity contribution is 9.10. The molecule has 1 atom stereocenters. The topological polar surface area (TPSA) is 15.3 Å². The summed E-state index contributed by atoms with van der Waals surface area (Å²) in [7, 11) is 0. The van der Waals surface area contributed by atoms with Gasteiger partial charge in [-0.25, -0.2) is 0 Å². The zero-order valence-electron chi connectivity index (χ0n) is 12.1. The maximum absolute atomic E-state index is 3.64. The van der Waals surface area contributed by atoms with Gasteiger partial charge in [0.15, 0.2) is 0 Å². The minimum Gasteiger partial charge on any atom is -0.381 e. The van der Waals surface area contributed by atoms with E-state index in [2.05, 4.69) is 80.7 Å². The average Bonchev–Trinajstić information content (AvgIpc) is 2.94. The van der Waals surface area contributed by atoms with E-state index in [1.54, 1.807) is 0 Å². The molecule has 1 unspecified atom stereocenters. The van der Waals surface area contributed by atoms with Gasteiger partial charge in [-0.15, -0.1) is 0 Å². The van der Waals surface area contributed by atoms with Gasteiger partial charge < -0.3 is 10.2 Å². The molecule has 1 N–H and O–H groups in total. The van der Waals surface area contributed by atoms with E-state index >= 15 is 0 Å². The van der Waals surface area contributed by atoms with Crippen LogP contribution in [0, 0.1) is 0 Å². The smallest absolute Gasteiger partial charge is 0.0400 e. The number of hydrogen-bond donors (Lipinski definition) is 1. The maximum atomic E-state index is 3.64. The van der Waals surface area contributed by atoms with Crippen LogP contribution in [-0.2, 0) is 6.42 Å². The minimum atomic E-state index is 0.565. The largest absolute Gasteiger partial charge is 0.381 e. The van der Waals surface area contributed by atoms with Gasteiger partial charge in [-0.1, -0.05) is 52.3 Å². The van der Waals surface area contributed by atoms with Crippen molar-refractivity contribution in [1.82, 2.24) is 4.90 Å². The molecule has 3 heteroatoms. The van der Waals surface area contributed by atoms with Gasteiger partial charge >= 0.3 is 0 Å². The second-order valence-electron chi connectivity index (χ2n) is 5.68. The molecule has 2 nitrogen and oxygen atoms in total. The lowest BCUT2D eigenvalue weighted by molar-refractivity contribution is 0.341. The summed E-state index contributed by atoms with van der Waals surface area (Å²) >= 11 is 3.52. The molecule has 2 aromatic carbocycles. The van der Waals surface area contributed by atoms with Crippen LogP contribution in [0.1, 0.15) is 12.0 Å². The van der Waals surface area contributed by atoms with E-state index in [0.29, 0.717) is 6.04 Å². The van der Waals surface area contributed by atoms with Crippen LogP contribution < -0.4 is 5.32 Å². The summed E-state index contributed by atoms with van der Waals surface area (Å²) in [5.74, 6) is 0. The third kappa shape index (κ3) is 4.32. The Morgan fingerprint density at radius 3 is 2.76 bits per heavy atom. The molecule has 1 aliphatic heterocycles. The first-order valence-corrected chi connectivity index (χ1v) is 8.37. The van der Waals surface area contributed by atoms with E-state index in [0.717, 1.165) is 24.0 Å². The second-order valence-corrected chi connectivity index (χ2v) is 6.59. The fraction of sp³-hybridized carbons (Fsp3) is 0.333. The summed E-state index contributed by atoms with van der Waals surface area (Å²) in [6.07, 6.45) is 2.37. The highest BCUT2D eigenvalue weighted by atomic mass is 79.9. The molecule has 1 heterocycles. The Hall–Kier alpha value is -1.32. The molecule has 0 saturated carbocycles. The Morgan fingerprint density at radius 2 is 1.95 bits per heavy atom. The van der Waals surface area contributed by atoms with E-state index < -0.39 is 0 Å². The molecule has 0 aliphatic carbocycles. The highest BCUT2D eigenvalue weighted by Crippen LogP contribution is 2.19. The molecule has 0 radical (unpaired) electrons. The molecule has 0 aromatic heterocycles. The number of halogens is 1. The maximum Gasteiger partial charge on any atom is 0.0400 e. The standard InChI is InChI=1S/C18H21BrN2/c19-16-7-4-8-17(13-16)20-18-10-12-21(14-18)11-9-15-5-2-1-3-6-15/h1-8,13,18,20H,9-12,14H2. The third-order valence-electron chi connectivity index (χ3n) is 4.03. The normalized spacial score (nSPS) is 18.8. The Labute approximate surface area is 135 Å². The van der Waals surface area contributed by atoms with Gasteiger partial charge in [0, 0.05) is 35.8 Å². The van der Waals surface area contributed by atoms with E-state index in [1.807, 2.05) is 0 Å². The molecule has 0 amide bonds. The SMILES string of the molecule is Brc1cccc(NC2CCN(CCc3ccccc3)C2)c1. The van der Waals surface area contributed by atoms with Crippen molar-refractivity contribution >= 4 is 21.6 Å². The predicted molar refractivity (Wildman–Crippen MR) is 92.8 cm³/mol. The summed E-state index contributed by atoms with van der Waals surface area (Å²) in [4.78, 5) is 2.56. The first-order valence-electron chi connectivity index (χ1n) is 7.58. The number of nitrogens with one attached hydrogen (secondary N) is 1. The first-order chi connectivity index (χ1) is 10.3. The van der Waals surface area contributed by atoms with Gasteiger partial charge in [0.2, 0.25) is 0 Å². The van der Waals surface area contributed by atoms with Gasteiger partial charge in [0.25, 0.3) is 0 Å². The lowest BCUT2D eigenvalue weighted by atomic mass is 10.1. The lowest BCUT2D eigenvalue weighted by Gasteiger charge is -2.17. The Bertz CT molecular complexity index is 570. The Kier molecular flexibility index (Phi) is 4.94. The van der Waals surface area contributed by atoms with Crippen molar-refractivity contribution in [1.29, 1.82) is 0 Å². The number of rotatable bonds is 5. The van der Waals surface area contributed by atoms with Gasteiger partial charge in [0.05, 0.1) is 0 Å². The van der Waals surface area contributed by atoms with Crippen LogP contribution in [0.2, 0.25) is 0 Å². The monoisotopic (exact) mass is 344 g/mol. The summed E-state index contributed by atoms with van der Waals surface area (Å²) < 4.78 is 1.13. The Balaban J connectivity index is 1.47. The van der Waals surface area contributed by atoms with Crippen molar-refractivity contribution in [2.45, 2.75) is 18.9 Å².